The zero-order valence-electron chi connectivity index (χ0n) is 11.7. The molecule has 1 N–H and O–H groups in total. The van der Waals surface area contributed by atoms with Gasteiger partial charge in [-0.3, -0.25) is 0 Å². The van der Waals surface area contributed by atoms with E-state index in [0.29, 0.717) is 17.1 Å². The lowest BCUT2D eigenvalue weighted by Crippen LogP contribution is -2.08. The summed E-state index contributed by atoms with van der Waals surface area (Å²) in [7, 11) is -3.31. The standard InChI is InChI=1S/C15H15BrClNO2S/c1-10-6-11(16)8-12(7-10)18-9-13-14(17)4-3-5-15(13)21(2,19)20/h3-8,18H,9H2,1-2H3. The number of rotatable bonds is 4. The minimum atomic E-state index is -3.31. The van der Waals surface area contributed by atoms with Gasteiger partial charge < -0.3 is 5.32 Å². The highest BCUT2D eigenvalue weighted by molar-refractivity contribution is 9.10. The molecule has 0 aliphatic carbocycles. The van der Waals surface area contributed by atoms with Crippen molar-refractivity contribution in [3.8, 4) is 0 Å². The first-order valence-corrected chi connectivity index (χ1v) is 9.32. The van der Waals surface area contributed by atoms with Crippen molar-refractivity contribution in [1.29, 1.82) is 0 Å². The van der Waals surface area contributed by atoms with Crippen LogP contribution in [0.1, 0.15) is 11.1 Å². The van der Waals surface area contributed by atoms with E-state index in [1.54, 1.807) is 18.2 Å². The lowest BCUT2D eigenvalue weighted by Gasteiger charge is -2.13. The molecule has 0 aromatic heterocycles. The van der Waals surface area contributed by atoms with Gasteiger partial charge in [0.2, 0.25) is 0 Å². The van der Waals surface area contributed by atoms with E-state index < -0.39 is 9.84 Å². The molecular formula is C15H15BrClNO2S. The van der Waals surface area contributed by atoms with Gasteiger partial charge in [0, 0.05) is 33.5 Å². The van der Waals surface area contributed by atoms with Crippen LogP contribution in [0.15, 0.2) is 45.8 Å². The zero-order chi connectivity index (χ0) is 15.6. The molecular weight excluding hydrogens is 374 g/mol. The summed E-state index contributed by atoms with van der Waals surface area (Å²) < 4.78 is 24.6. The van der Waals surface area contributed by atoms with Crippen LogP contribution in [0.3, 0.4) is 0 Å². The Balaban J connectivity index is 2.32. The van der Waals surface area contributed by atoms with E-state index >= 15 is 0 Å². The number of aryl methyl sites for hydroxylation is 1. The number of benzene rings is 2. The molecule has 2 rings (SSSR count). The smallest absolute Gasteiger partial charge is 0.175 e. The predicted molar refractivity (Wildman–Crippen MR) is 90.8 cm³/mol. The van der Waals surface area contributed by atoms with Gasteiger partial charge in [0.1, 0.15) is 0 Å². The Hall–Kier alpha value is -1.04. The second kappa shape index (κ2) is 6.38. The summed E-state index contributed by atoms with van der Waals surface area (Å²) in [5.41, 5.74) is 2.59. The minimum Gasteiger partial charge on any atom is -0.381 e. The van der Waals surface area contributed by atoms with Crippen LogP contribution in [0.25, 0.3) is 0 Å². The van der Waals surface area contributed by atoms with E-state index in [0.717, 1.165) is 15.7 Å². The third-order valence-electron chi connectivity index (χ3n) is 2.99. The van der Waals surface area contributed by atoms with Crippen LogP contribution in [-0.4, -0.2) is 14.7 Å². The Labute approximate surface area is 138 Å². The van der Waals surface area contributed by atoms with E-state index in [1.165, 1.54) is 6.26 Å². The van der Waals surface area contributed by atoms with Crippen molar-refractivity contribution in [3.63, 3.8) is 0 Å². The number of sulfone groups is 1. The number of hydrogen-bond acceptors (Lipinski definition) is 3. The molecule has 0 fully saturated rings. The fourth-order valence-electron chi connectivity index (χ4n) is 2.09. The highest BCUT2D eigenvalue weighted by Gasteiger charge is 2.15. The monoisotopic (exact) mass is 387 g/mol. The Bertz CT molecular complexity index is 755. The highest BCUT2D eigenvalue weighted by atomic mass is 79.9. The summed E-state index contributed by atoms with van der Waals surface area (Å²) in [4.78, 5) is 0.259. The van der Waals surface area contributed by atoms with Gasteiger partial charge in [-0.05, 0) is 42.8 Å². The summed E-state index contributed by atoms with van der Waals surface area (Å²) in [5.74, 6) is 0. The summed E-state index contributed by atoms with van der Waals surface area (Å²) in [6.07, 6.45) is 1.19. The van der Waals surface area contributed by atoms with Crippen LogP contribution in [0.5, 0.6) is 0 Å². The molecule has 2 aromatic carbocycles. The third-order valence-corrected chi connectivity index (χ3v) is 4.98. The van der Waals surface area contributed by atoms with Crippen LogP contribution in [-0.2, 0) is 16.4 Å². The van der Waals surface area contributed by atoms with Crippen LogP contribution in [0.2, 0.25) is 5.02 Å². The van der Waals surface area contributed by atoms with E-state index in [2.05, 4.69) is 21.2 Å². The van der Waals surface area contributed by atoms with E-state index in [4.69, 9.17) is 11.6 Å². The molecule has 0 aliphatic rings. The van der Waals surface area contributed by atoms with Crippen molar-refractivity contribution in [1.82, 2.24) is 0 Å². The first kappa shape index (κ1) is 16.3. The predicted octanol–water partition coefficient (Wildman–Crippen LogP) is 4.43. The highest BCUT2D eigenvalue weighted by Crippen LogP contribution is 2.26. The van der Waals surface area contributed by atoms with Gasteiger partial charge in [0.05, 0.1) is 4.90 Å². The number of halogens is 2. The van der Waals surface area contributed by atoms with Crippen LogP contribution >= 0.6 is 27.5 Å². The van der Waals surface area contributed by atoms with Crippen LogP contribution in [0.4, 0.5) is 5.69 Å². The fourth-order valence-corrected chi connectivity index (χ4v) is 3.95. The second-order valence-corrected chi connectivity index (χ2v) is 8.17. The maximum Gasteiger partial charge on any atom is 0.175 e. The average Bonchev–Trinajstić information content (AvgIpc) is 2.34. The SMILES string of the molecule is Cc1cc(Br)cc(NCc2c(Cl)cccc2S(C)(=O)=O)c1. The molecule has 0 saturated heterocycles. The molecule has 21 heavy (non-hydrogen) atoms. The summed E-state index contributed by atoms with van der Waals surface area (Å²) in [6, 6.07) is 10.8. The van der Waals surface area contributed by atoms with Gasteiger partial charge >= 0.3 is 0 Å². The first-order chi connectivity index (χ1) is 9.77. The fraction of sp³-hybridized carbons (Fsp3) is 0.200. The van der Waals surface area contributed by atoms with Crippen molar-refractivity contribution < 1.29 is 8.42 Å². The van der Waals surface area contributed by atoms with E-state index in [9.17, 15) is 8.42 Å². The number of hydrogen-bond donors (Lipinski definition) is 1. The Morgan fingerprint density at radius 1 is 1.24 bits per heavy atom. The first-order valence-electron chi connectivity index (χ1n) is 6.26. The molecule has 0 radical (unpaired) electrons. The zero-order valence-corrected chi connectivity index (χ0v) is 14.8. The Morgan fingerprint density at radius 3 is 2.57 bits per heavy atom. The van der Waals surface area contributed by atoms with Gasteiger partial charge in [-0.2, -0.15) is 0 Å². The summed E-state index contributed by atoms with van der Waals surface area (Å²) in [6.45, 7) is 2.34. The van der Waals surface area contributed by atoms with Crippen LogP contribution < -0.4 is 5.32 Å². The largest absolute Gasteiger partial charge is 0.381 e. The molecule has 6 heteroatoms. The van der Waals surface area contributed by atoms with Crippen LogP contribution in [0, 0.1) is 6.92 Å². The molecule has 3 nitrogen and oxygen atoms in total. The van der Waals surface area contributed by atoms with Gasteiger partial charge in [0.15, 0.2) is 9.84 Å². The molecule has 0 bridgehead atoms. The molecule has 2 aromatic rings. The molecule has 0 aliphatic heterocycles. The molecule has 0 spiro atoms. The topological polar surface area (TPSA) is 46.2 Å². The van der Waals surface area contributed by atoms with Crippen molar-refractivity contribution in [3.05, 3.63) is 57.0 Å². The molecule has 0 unspecified atom stereocenters. The Morgan fingerprint density at radius 2 is 1.95 bits per heavy atom. The average molecular weight is 389 g/mol. The van der Waals surface area contributed by atoms with Gasteiger partial charge in [-0.15, -0.1) is 0 Å². The van der Waals surface area contributed by atoms with Gasteiger partial charge in [-0.1, -0.05) is 33.6 Å². The van der Waals surface area contributed by atoms with Crippen molar-refractivity contribution >= 4 is 43.1 Å². The Kier molecular flexibility index (Phi) is 4.96. The maximum atomic E-state index is 11.8. The molecule has 0 heterocycles. The summed E-state index contributed by atoms with van der Waals surface area (Å²) >= 11 is 9.59. The van der Waals surface area contributed by atoms with Crippen molar-refractivity contribution in [2.24, 2.45) is 0 Å². The molecule has 112 valence electrons. The van der Waals surface area contributed by atoms with Gasteiger partial charge in [-0.25, -0.2) is 8.42 Å². The molecule has 0 amide bonds. The quantitative estimate of drug-likeness (QED) is 0.843. The van der Waals surface area contributed by atoms with Crippen molar-refractivity contribution in [2.75, 3.05) is 11.6 Å². The number of anilines is 1. The summed E-state index contributed by atoms with van der Waals surface area (Å²) in [5, 5.41) is 3.66. The molecule has 0 atom stereocenters. The van der Waals surface area contributed by atoms with Crippen molar-refractivity contribution in [2.45, 2.75) is 18.4 Å². The van der Waals surface area contributed by atoms with E-state index in [1.807, 2.05) is 25.1 Å². The molecule has 0 saturated carbocycles. The maximum absolute atomic E-state index is 11.8. The van der Waals surface area contributed by atoms with E-state index in [-0.39, 0.29) is 4.90 Å². The lowest BCUT2D eigenvalue weighted by molar-refractivity contribution is 0.601. The second-order valence-electron chi connectivity index (χ2n) is 4.86. The third kappa shape index (κ3) is 4.22. The van der Waals surface area contributed by atoms with Gasteiger partial charge in [0.25, 0.3) is 0 Å². The normalized spacial score (nSPS) is 11.4. The minimum absolute atomic E-state index is 0.259. The lowest BCUT2D eigenvalue weighted by atomic mass is 10.2. The number of nitrogens with one attached hydrogen (secondary N) is 1.